The summed E-state index contributed by atoms with van der Waals surface area (Å²) in [4.78, 5) is 46.5. The number of thiocarbonyl (C=S) groups is 1. The van der Waals surface area contributed by atoms with Crippen LogP contribution in [0.25, 0.3) is 6.08 Å². The second-order valence-corrected chi connectivity index (χ2v) is 8.81. The van der Waals surface area contributed by atoms with Gasteiger partial charge in [-0.1, -0.05) is 48.2 Å². The van der Waals surface area contributed by atoms with Gasteiger partial charge in [0.15, 0.2) is 4.32 Å². The van der Waals surface area contributed by atoms with Crippen LogP contribution in [0.4, 0.5) is 11.4 Å². The molecule has 1 saturated heterocycles. The number of carbonyl (C=O) groups excluding carboxylic acids is 2. The molecule has 1 aliphatic rings. The van der Waals surface area contributed by atoms with E-state index in [0.717, 1.165) is 35.0 Å². The maximum Gasteiger partial charge on any atom is 0.318 e. The number of hydrogen-bond acceptors (Lipinski definition) is 9. The fourth-order valence-corrected chi connectivity index (χ4v) is 4.29. The molecule has 4 rings (SSSR count). The zero-order valence-corrected chi connectivity index (χ0v) is 19.7. The maximum absolute atomic E-state index is 12.9. The lowest BCUT2D eigenvalue weighted by Gasteiger charge is -2.15. The highest BCUT2D eigenvalue weighted by atomic mass is 32.2. The largest absolute Gasteiger partial charge is 0.449 e. The minimum Gasteiger partial charge on any atom is -0.449 e. The highest BCUT2D eigenvalue weighted by molar-refractivity contribution is 8.26. The molecule has 1 fully saturated rings. The quantitative estimate of drug-likeness (QED) is 0.199. The van der Waals surface area contributed by atoms with Crippen LogP contribution in [0.2, 0.25) is 0 Å². The molecule has 3 aromatic rings. The summed E-state index contributed by atoms with van der Waals surface area (Å²) < 4.78 is 5.82. The topological polar surface area (TPSA) is 145 Å². The molecular weight excluding hydrogens is 508 g/mol. The SMILES string of the molecule is O=C(NN1C(=O)/C(=C\c2ccccc2Oc2ccc([N+](=O)[O-])cc2[N+](=O)[O-])SC1=S)c1ccccc1. The first-order valence-electron chi connectivity index (χ1n) is 10.1. The van der Waals surface area contributed by atoms with Crippen LogP contribution in [0, 0.1) is 20.2 Å². The average Bonchev–Trinajstić information content (AvgIpc) is 3.13. The highest BCUT2D eigenvalue weighted by Gasteiger charge is 2.34. The van der Waals surface area contributed by atoms with Crippen molar-refractivity contribution in [2.75, 3.05) is 0 Å². The Kier molecular flexibility index (Phi) is 7.03. The molecule has 1 N–H and O–H groups in total. The lowest BCUT2D eigenvalue weighted by molar-refractivity contribution is -0.394. The van der Waals surface area contributed by atoms with E-state index in [0.29, 0.717) is 11.1 Å². The van der Waals surface area contributed by atoms with Crippen LogP contribution in [0.5, 0.6) is 11.5 Å². The van der Waals surface area contributed by atoms with Crippen LogP contribution in [0.1, 0.15) is 15.9 Å². The van der Waals surface area contributed by atoms with E-state index in [1.165, 1.54) is 12.1 Å². The van der Waals surface area contributed by atoms with Crippen molar-refractivity contribution in [3.63, 3.8) is 0 Å². The molecule has 0 bridgehead atoms. The van der Waals surface area contributed by atoms with Gasteiger partial charge in [0, 0.05) is 17.2 Å². The maximum atomic E-state index is 12.9. The Hall–Kier alpha value is -4.62. The van der Waals surface area contributed by atoms with E-state index < -0.39 is 33.0 Å². The van der Waals surface area contributed by atoms with Gasteiger partial charge in [-0.2, -0.15) is 5.01 Å². The number of nitro benzene ring substituents is 2. The van der Waals surface area contributed by atoms with Gasteiger partial charge >= 0.3 is 5.69 Å². The van der Waals surface area contributed by atoms with Crippen molar-refractivity contribution in [2.24, 2.45) is 0 Å². The van der Waals surface area contributed by atoms with Crippen LogP contribution in [-0.4, -0.2) is 31.0 Å². The fraction of sp³-hybridized carbons (Fsp3) is 0. The fourth-order valence-electron chi connectivity index (χ4n) is 3.12. The number of ether oxygens (including phenoxy) is 1. The number of nitrogens with one attached hydrogen (secondary N) is 1. The number of thioether (sulfide) groups is 1. The molecule has 2 amide bonds. The molecule has 11 nitrogen and oxygen atoms in total. The molecule has 0 aromatic heterocycles. The summed E-state index contributed by atoms with van der Waals surface area (Å²) in [6.45, 7) is 0. The van der Waals surface area contributed by atoms with Crippen LogP contribution >= 0.6 is 24.0 Å². The minimum atomic E-state index is -0.786. The van der Waals surface area contributed by atoms with Crippen molar-refractivity contribution < 1.29 is 24.2 Å². The molecule has 1 heterocycles. The number of para-hydroxylation sites is 1. The number of nitro groups is 2. The van der Waals surface area contributed by atoms with E-state index in [4.69, 9.17) is 17.0 Å². The molecule has 180 valence electrons. The first-order chi connectivity index (χ1) is 17.2. The molecule has 0 aliphatic carbocycles. The van der Waals surface area contributed by atoms with E-state index in [1.807, 2.05) is 0 Å². The number of nitrogens with zero attached hydrogens (tertiary/aromatic N) is 3. The number of amides is 2. The summed E-state index contributed by atoms with van der Waals surface area (Å²) in [6.07, 6.45) is 1.47. The van der Waals surface area contributed by atoms with E-state index in [9.17, 15) is 29.8 Å². The van der Waals surface area contributed by atoms with Gasteiger partial charge in [0.2, 0.25) is 5.75 Å². The van der Waals surface area contributed by atoms with Gasteiger partial charge in [-0.05, 0) is 42.6 Å². The van der Waals surface area contributed by atoms with E-state index in [2.05, 4.69) is 5.43 Å². The summed E-state index contributed by atoms with van der Waals surface area (Å²) in [5.41, 5.74) is 2.17. The zero-order valence-electron chi connectivity index (χ0n) is 18.0. The van der Waals surface area contributed by atoms with Crippen molar-refractivity contribution in [3.8, 4) is 11.5 Å². The molecule has 0 unspecified atom stereocenters. The molecule has 1 aliphatic heterocycles. The molecule has 13 heteroatoms. The van der Waals surface area contributed by atoms with E-state index in [1.54, 1.807) is 48.5 Å². The third kappa shape index (κ3) is 5.21. The van der Waals surface area contributed by atoms with E-state index in [-0.39, 0.29) is 20.7 Å². The van der Waals surface area contributed by atoms with Gasteiger partial charge in [-0.25, -0.2) is 0 Å². The van der Waals surface area contributed by atoms with E-state index >= 15 is 0 Å². The third-order valence-corrected chi connectivity index (χ3v) is 6.12. The minimum absolute atomic E-state index is 0.111. The van der Waals surface area contributed by atoms with Crippen molar-refractivity contribution in [3.05, 3.63) is 109 Å². The molecule has 3 aromatic carbocycles. The molecule has 0 saturated carbocycles. The second-order valence-electron chi connectivity index (χ2n) is 7.13. The van der Waals surface area contributed by atoms with Crippen LogP contribution < -0.4 is 10.2 Å². The van der Waals surface area contributed by atoms with Crippen LogP contribution in [-0.2, 0) is 4.79 Å². The number of non-ortho nitro benzene ring substituents is 1. The lowest BCUT2D eigenvalue weighted by Crippen LogP contribution is -2.44. The van der Waals surface area contributed by atoms with Crippen LogP contribution in [0.15, 0.2) is 77.7 Å². The average molecular weight is 523 g/mol. The number of rotatable bonds is 7. The van der Waals surface area contributed by atoms with Crippen molar-refractivity contribution in [1.82, 2.24) is 10.4 Å². The molecule has 0 atom stereocenters. The lowest BCUT2D eigenvalue weighted by atomic mass is 10.1. The Morgan fingerprint density at radius 3 is 2.36 bits per heavy atom. The molecule has 0 spiro atoms. The predicted molar refractivity (Wildman–Crippen MR) is 135 cm³/mol. The van der Waals surface area contributed by atoms with Crippen molar-refractivity contribution >= 4 is 57.6 Å². The molecule has 0 radical (unpaired) electrons. The Bertz CT molecular complexity index is 1440. The Morgan fingerprint density at radius 2 is 1.67 bits per heavy atom. The second kappa shape index (κ2) is 10.3. The van der Waals surface area contributed by atoms with Gasteiger partial charge in [0.25, 0.3) is 17.5 Å². The zero-order chi connectivity index (χ0) is 25.8. The molecular formula is C23H14N4O7S2. The van der Waals surface area contributed by atoms with Gasteiger partial charge in [-0.15, -0.1) is 0 Å². The predicted octanol–water partition coefficient (Wildman–Crippen LogP) is 4.84. The van der Waals surface area contributed by atoms with Gasteiger partial charge in [-0.3, -0.25) is 35.2 Å². The van der Waals surface area contributed by atoms with Crippen molar-refractivity contribution in [2.45, 2.75) is 0 Å². The third-order valence-electron chi connectivity index (χ3n) is 4.82. The summed E-state index contributed by atoms with van der Waals surface area (Å²) in [5.74, 6) is -1.13. The summed E-state index contributed by atoms with van der Waals surface area (Å²) >= 11 is 6.20. The van der Waals surface area contributed by atoms with Gasteiger partial charge in [0.05, 0.1) is 20.8 Å². The standard InChI is InChI=1S/C23H14N4O7S2/c28-21(14-6-2-1-3-7-14)24-25-22(29)20(36-23(25)35)12-15-8-4-5-9-18(15)34-19-11-10-16(26(30)31)13-17(19)27(32)33/h1-13H,(H,24,28)/b20-12+. The summed E-state index contributed by atoms with van der Waals surface area (Å²) in [5, 5.41) is 23.4. The Labute approximate surface area is 212 Å². The van der Waals surface area contributed by atoms with Gasteiger partial charge < -0.3 is 4.74 Å². The van der Waals surface area contributed by atoms with Crippen LogP contribution in [0.3, 0.4) is 0 Å². The first kappa shape index (κ1) is 24.5. The Balaban J connectivity index is 1.60. The van der Waals surface area contributed by atoms with Gasteiger partial charge in [0.1, 0.15) is 5.75 Å². The smallest absolute Gasteiger partial charge is 0.318 e. The first-order valence-corrected chi connectivity index (χ1v) is 11.3. The van der Waals surface area contributed by atoms with Crippen molar-refractivity contribution in [1.29, 1.82) is 0 Å². The number of carbonyl (C=O) groups is 2. The highest BCUT2D eigenvalue weighted by Crippen LogP contribution is 2.38. The number of hydrogen-bond donors (Lipinski definition) is 1. The summed E-state index contributed by atoms with van der Waals surface area (Å²) in [7, 11) is 0. The monoisotopic (exact) mass is 522 g/mol. The number of benzene rings is 3. The normalized spacial score (nSPS) is 14.1. The Morgan fingerprint density at radius 1 is 0.972 bits per heavy atom. The summed E-state index contributed by atoms with van der Waals surface area (Å²) in [6, 6.07) is 17.8. The molecule has 36 heavy (non-hydrogen) atoms. The number of hydrazine groups is 1.